The Hall–Kier alpha value is -1.25. The maximum absolute atomic E-state index is 10.9. The van der Waals surface area contributed by atoms with E-state index in [0.29, 0.717) is 5.69 Å². The third kappa shape index (κ3) is 5.89. The minimum Gasteiger partial charge on any atom is -0.480 e. The second kappa shape index (κ2) is 6.62. The van der Waals surface area contributed by atoms with Crippen LogP contribution in [-0.4, -0.2) is 50.0 Å². The highest BCUT2D eigenvalue weighted by Crippen LogP contribution is 2.35. The van der Waals surface area contributed by atoms with E-state index in [0.717, 1.165) is 0 Å². The van der Waals surface area contributed by atoms with Crippen LogP contribution in [-0.2, 0) is 20.3 Å². The van der Waals surface area contributed by atoms with E-state index >= 15 is 0 Å². The Morgan fingerprint density at radius 3 is 2.83 bits per heavy atom. The molecule has 1 unspecified atom stereocenters. The number of nitrogens with one attached hydrogen (secondary N) is 2. The fraction of sp³-hybridized carbons (Fsp3) is 0.500. The van der Waals surface area contributed by atoms with E-state index in [1.807, 2.05) is 0 Å². The van der Waals surface area contributed by atoms with Gasteiger partial charge in [0.25, 0.3) is 0 Å². The summed E-state index contributed by atoms with van der Waals surface area (Å²) in [6, 6.07) is -0.895. The topological polar surface area (TPSA) is 145 Å². The lowest BCUT2D eigenvalue weighted by Crippen LogP contribution is -2.40. The third-order valence-corrected chi connectivity index (χ3v) is 2.54. The molecule has 5 N–H and O–H groups in total. The first-order valence-corrected chi connectivity index (χ1v) is 6.55. The average molecular weight is 279 g/mol. The standard InChI is InChI=1S/C8H14N3O6P/c12-8(13)7(3-6-4-9-5-11-6)10-1-2-17-18(14,15)16/h4-5,7,10H,1-3H2,(H,9,11)(H,12,13)(H2,14,15,16). The predicted molar refractivity (Wildman–Crippen MR) is 59.7 cm³/mol. The molecule has 0 bridgehead atoms. The van der Waals surface area contributed by atoms with Gasteiger partial charge in [0.15, 0.2) is 0 Å². The van der Waals surface area contributed by atoms with Gasteiger partial charge >= 0.3 is 13.8 Å². The van der Waals surface area contributed by atoms with Crippen LogP contribution in [0.1, 0.15) is 5.69 Å². The monoisotopic (exact) mass is 279 g/mol. The van der Waals surface area contributed by atoms with Crippen LogP contribution in [0.25, 0.3) is 0 Å². The number of aromatic nitrogens is 2. The molecule has 1 atom stereocenters. The van der Waals surface area contributed by atoms with Crippen LogP contribution < -0.4 is 5.32 Å². The highest BCUT2D eigenvalue weighted by Gasteiger charge is 2.19. The lowest BCUT2D eigenvalue weighted by Gasteiger charge is -2.13. The Labute approximate surface area is 102 Å². The van der Waals surface area contributed by atoms with Crippen molar-refractivity contribution in [2.45, 2.75) is 12.5 Å². The maximum Gasteiger partial charge on any atom is 0.469 e. The zero-order valence-electron chi connectivity index (χ0n) is 9.31. The first kappa shape index (κ1) is 14.8. The Balaban J connectivity index is 2.35. The molecule has 0 saturated carbocycles. The van der Waals surface area contributed by atoms with E-state index in [2.05, 4.69) is 19.8 Å². The van der Waals surface area contributed by atoms with E-state index in [-0.39, 0.29) is 19.6 Å². The molecule has 0 aliphatic carbocycles. The molecule has 18 heavy (non-hydrogen) atoms. The molecule has 1 heterocycles. The third-order valence-electron chi connectivity index (χ3n) is 2.02. The number of rotatable bonds is 8. The van der Waals surface area contributed by atoms with Crippen molar-refractivity contribution in [2.75, 3.05) is 13.2 Å². The van der Waals surface area contributed by atoms with E-state index in [1.165, 1.54) is 6.33 Å². The molecular weight excluding hydrogens is 265 g/mol. The second-order valence-electron chi connectivity index (χ2n) is 3.43. The Morgan fingerprint density at radius 2 is 2.33 bits per heavy atom. The predicted octanol–water partition coefficient (Wildman–Crippen LogP) is -0.896. The minimum absolute atomic E-state index is 0.00645. The smallest absolute Gasteiger partial charge is 0.469 e. The summed E-state index contributed by atoms with van der Waals surface area (Å²) in [6.45, 7) is -0.277. The highest BCUT2D eigenvalue weighted by molar-refractivity contribution is 7.46. The summed E-state index contributed by atoms with van der Waals surface area (Å²) in [5.74, 6) is -1.07. The first-order chi connectivity index (χ1) is 8.38. The number of nitrogens with zero attached hydrogens (tertiary/aromatic N) is 1. The number of carboxylic acids is 1. The van der Waals surface area contributed by atoms with Crippen LogP contribution in [0, 0.1) is 0 Å². The molecule has 0 saturated heterocycles. The molecule has 1 aromatic heterocycles. The number of hydrogen-bond acceptors (Lipinski definition) is 5. The zero-order valence-corrected chi connectivity index (χ0v) is 10.2. The summed E-state index contributed by atoms with van der Waals surface area (Å²) >= 11 is 0. The van der Waals surface area contributed by atoms with Gasteiger partial charge in [-0.25, -0.2) is 9.55 Å². The van der Waals surface area contributed by atoms with Gasteiger partial charge in [0, 0.05) is 19.2 Å². The molecule has 9 nitrogen and oxygen atoms in total. The lowest BCUT2D eigenvalue weighted by molar-refractivity contribution is -0.139. The molecule has 0 radical (unpaired) electrons. The molecule has 0 aromatic carbocycles. The van der Waals surface area contributed by atoms with Gasteiger partial charge in [-0.15, -0.1) is 0 Å². The molecule has 1 rings (SSSR count). The van der Waals surface area contributed by atoms with Gasteiger partial charge in [-0.3, -0.25) is 9.32 Å². The highest BCUT2D eigenvalue weighted by atomic mass is 31.2. The number of carbonyl (C=O) groups is 1. The van der Waals surface area contributed by atoms with Crippen molar-refractivity contribution < 1.29 is 28.8 Å². The number of aromatic amines is 1. The van der Waals surface area contributed by atoms with Crippen molar-refractivity contribution in [1.29, 1.82) is 0 Å². The fourth-order valence-electron chi connectivity index (χ4n) is 1.26. The molecule has 0 amide bonds. The number of phosphoric acid groups is 1. The normalized spacial score (nSPS) is 13.4. The number of hydrogen-bond donors (Lipinski definition) is 5. The van der Waals surface area contributed by atoms with E-state index < -0.39 is 19.8 Å². The van der Waals surface area contributed by atoms with Crippen LogP contribution in [0.5, 0.6) is 0 Å². The summed E-state index contributed by atoms with van der Waals surface area (Å²) in [7, 11) is -4.51. The molecular formula is C8H14N3O6P. The number of aliphatic carboxylic acids is 1. The summed E-state index contributed by atoms with van der Waals surface area (Å²) in [4.78, 5) is 34.4. The Bertz CT molecular complexity index is 416. The molecule has 0 aliphatic heterocycles. The number of carboxylic acid groups (broad SMARTS) is 1. The fourth-order valence-corrected chi connectivity index (χ4v) is 1.59. The van der Waals surface area contributed by atoms with Crippen molar-refractivity contribution >= 4 is 13.8 Å². The van der Waals surface area contributed by atoms with Gasteiger partial charge in [-0.05, 0) is 0 Å². The van der Waals surface area contributed by atoms with E-state index in [4.69, 9.17) is 14.9 Å². The largest absolute Gasteiger partial charge is 0.480 e. The lowest BCUT2D eigenvalue weighted by atomic mass is 10.1. The van der Waals surface area contributed by atoms with Crippen LogP contribution in [0.2, 0.25) is 0 Å². The summed E-state index contributed by atoms with van der Waals surface area (Å²) in [5, 5.41) is 11.5. The zero-order chi connectivity index (χ0) is 13.6. The van der Waals surface area contributed by atoms with Gasteiger partial charge in [0.1, 0.15) is 6.04 Å². The number of imidazole rings is 1. The first-order valence-electron chi connectivity index (χ1n) is 5.02. The summed E-state index contributed by atoms with van der Waals surface area (Å²) in [6.07, 6.45) is 3.17. The molecule has 0 aliphatic rings. The van der Waals surface area contributed by atoms with Crippen LogP contribution in [0.15, 0.2) is 12.5 Å². The molecule has 102 valence electrons. The van der Waals surface area contributed by atoms with Gasteiger partial charge < -0.3 is 25.2 Å². The van der Waals surface area contributed by atoms with Gasteiger partial charge in [-0.1, -0.05) is 0 Å². The Morgan fingerprint density at radius 1 is 1.61 bits per heavy atom. The second-order valence-corrected chi connectivity index (χ2v) is 4.67. The SMILES string of the molecule is O=C(O)C(Cc1c[nH]cn1)NCCOP(=O)(O)O. The Kier molecular flexibility index (Phi) is 5.45. The average Bonchev–Trinajstić information content (AvgIpc) is 2.73. The molecule has 0 fully saturated rings. The van der Waals surface area contributed by atoms with Crippen LogP contribution >= 0.6 is 7.82 Å². The van der Waals surface area contributed by atoms with Gasteiger partial charge in [-0.2, -0.15) is 0 Å². The number of phosphoric ester groups is 1. The van der Waals surface area contributed by atoms with Crippen molar-refractivity contribution in [3.8, 4) is 0 Å². The van der Waals surface area contributed by atoms with Crippen LogP contribution in [0.3, 0.4) is 0 Å². The maximum atomic E-state index is 10.9. The van der Waals surface area contributed by atoms with E-state index in [1.54, 1.807) is 6.20 Å². The van der Waals surface area contributed by atoms with Crippen molar-refractivity contribution in [3.63, 3.8) is 0 Å². The van der Waals surface area contributed by atoms with Crippen LogP contribution in [0.4, 0.5) is 0 Å². The molecule has 10 heteroatoms. The minimum atomic E-state index is -4.51. The van der Waals surface area contributed by atoms with Gasteiger partial charge in [0.05, 0.1) is 18.6 Å². The molecule has 1 aromatic rings. The van der Waals surface area contributed by atoms with Gasteiger partial charge in [0.2, 0.25) is 0 Å². The van der Waals surface area contributed by atoms with Crippen molar-refractivity contribution in [3.05, 3.63) is 18.2 Å². The summed E-state index contributed by atoms with van der Waals surface area (Å²) in [5.41, 5.74) is 0.575. The number of H-pyrrole nitrogens is 1. The quantitative estimate of drug-likeness (QED) is 0.304. The van der Waals surface area contributed by atoms with Crippen molar-refractivity contribution in [1.82, 2.24) is 15.3 Å². The van der Waals surface area contributed by atoms with Crippen molar-refractivity contribution in [2.24, 2.45) is 0 Å². The summed E-state index contributed by atoms with van der Waals surface area (Å²) < 4.78 is 14.6. The molecule has 0 spiro atoms. The van der Waals surface area contributed by atoms with E-state index in [9.17, 15) is 9.36 Å².